The maximum atomic E-state index is 10.9. The summed E-state index contributed by atoms with van der Waals surface area (Å²) in [5, 5.41) is 2.68. The Morgan fingerprint density at radius 1 is 1.38 bits per heavy atom. The topological polar surface area (TPSA) is 94.9 Å². The number of aryl methyl sites for hydroxylation is 1. The van der Waals surface area contributed by atoms with E-state index in [0.717, 1.165) is 10.7 Å². The molecule has 0 unspecified atom stereocenters. The van der Waals surface area contributed by atoms with Gasteiger partial charge in [0.25, 0.3) is 0 Å². The molecule has 2 N–H and O–H groups in total. The van der Waals surface area contributed by atoms with Crippen molar-refractivity contribution >= 4 is 17.2 Å². The molecule has 0 atom stereocenters. The number of nitrogens with zero attached hydrogens (tertiary/aromatic N) is 3. The number of hydrogen-bond donors (Lipinski definition) is 1. The first kappa shape index (κ1) is 13.4. The average Bonchev–Trinajstić information content (AvgIpc) is 3.17. The fraction of sp³-hybridized carbons (Fsp3) is 0.143. The van der Waals surface area contributed by atoms with Gasteiger partial charge < -0.3 is 10.2 Å². The first-order valence-electron chi connectivity index (χ1n) is 6.32. The second-order valence-electron chi connectivity index (χ2n) is 4.35. The van der Waals surface area contributed by atoms with E-state index in [1.807, 2.05) is 11.4 Å². The minimum Gasteiger partial charge on any atom is -0.461 e. The highest BCUT2D eigenvalue weighted by Crippen LogP contribution is 2.24. The van der Waals surface area contributed by atoms with Crippen molar-refractivity contribution in [1.82, 2.24) is 15.0 Å². The zero-order chi connectivity index (χ0) is 14.7. The molecule has 3 rings (SSSR count). The summed E-state index contributed by atoms with van der Waals surface area (Å²) in [5.41, 5.74) is 6.64. The lowest BCUT2D eigenvalue weighted by Crippen LogP contribution is -2.12. The predicted octanol–water partition coefficient (Wildman–Crippen LogP) is 2.28. The minimum absolute atomic E-state index is 0.242. The van der Waals surface area contributed by atoms with Crippen LogP contribution >= 0.6 is 11.3 Å². The summed E-state index contributed by atoms with van der Waals surface area (Å²) in [6.45, 7) is 0. The summed E-state index contributed by atoms with van der Waals surface area (Å²) >= 11 is 1.49. The first-order chi connectivity index (χ1) is 10.2. The molecule has 3 aromatic heterocycles. The van der Waals surface area contributed by atoms with Gasteiger partial charge in [0.15, 0.2) is 11.6 Å². The van der Waals surface area contributed by atoms with Crippen molar-refractivity contribution in [2.45, 2.75) is 12.8 Å². The van der Waals surface area contributed by atoms with Crippen LogP contribution in [0.4, 0.5) is 0 Å². The number of rotatable bonds is 5. The van der Waals surface area contributed by atoms with Crippen molar-refractivity contribution in [3.8, 4) is 22.3 Å². The van der Waals surface area contributed by atoms with Gasteiger partial charge in [0.05, 0.1) is 6.26 Å². The fourth-order valence-corrected chi connectivity index (χ4v) is 2.45. The van der Waals surface area contributed by atoms with Crippen molar-refractivity contribution in [3.63, 3.8) is 0 Å². The maximum absolute atomic E-state index is 10.9. The van der Waals surface area contributed by atoms with E-state index in [1.165, 1.54) is 11.3 Å². The molecule has 0 spiro atoms. The number of nitrogens with two attached hydrogens (primary N) is 1. The summed E-state index contributed by atoms with van der Waals surface area (Å²) in [5.74, 6) is 0.699. The molecule has 7 heteroatoms. The van der Waals surface area contributed by atoms with E-state index in [9.17, 15) is 4.79 Å². The Balaban J connectivity index is 2.02. The Hall–Kier alpha value is -2.54. The number of amides is 1. The summed E-state index contributed by atoms with van der Waals surface area (Å²) in [7, 11) is 0. The van der Waals surface area contributed by atoms with E-state index < -0.39 is 0 Å². The van der Waals surface area contributed by atoms with Gasteiger partial charge in [-0.25, -0.2) is 15.0 Å². The van der Waals surface area contributed by atoms with E-state index in [1.54, 1.807) is 24.6 Å². The molecular weight excluding hydrogens is 288 g/mol. The second kappa shape index (κ2) is 5.84. The Kier molecular flexibility index (Phi) is 3.74. The highest BCUT2D eigenvalue weighted by Gasteiger charge is 2.12. The van der Waals surface area contributed by atoms with Crippen LogP contribution in [0, 0.1) is 0 Å². The summed E-state index contributed by atoms with van der Waals surface area (Å²) < 4.78 is 5.34. The van der Waals surface area contributed by atoms with Crippen LogP contribution in [0.1, 0.15) is 12.1 Å². The third-order valence-electron chi connectivity index (χ3n) is 2.80. The van der Waals surface area contributed by atoms with Gasteiger partial charge in [0.2, 0.25) is 5.91 Å². The van der Waals surface area contributed by atoms with Crippen LogP contribution in [0.5, 0.6) is 0 Å². The summed E-state index contributed by atoms with van der Waals surface area (Å²) in [4.78, 5) is 24.1. The lowest BCUT2D eigenvalue weighted by Gasteiger charge is -2.04. The fourth-order valence-electron chi connectivity index (χ4n) is 1.85. The molecule has 0 aliphatic heterocycles. The molecule has 0 saturated carbocycles. The van der Waals surface area contributed by atoms with E-state index >= 15 is 0 Å². The van der Waals surface area contributed by atoms with E-state index in [-0.39, 0.29) is 12.3 Å². The molecule has 0 aromatic carbocycles. The Morgan fingerprint density at radius 2 is 2.29 bits per heavy atom. The monoisotopic (exact) mass is 300 g/mol. The molecule has 0 fully saturated rings. The Bertz CT molecular complexity index is 686. The van der Waals surface area contributed by atoms with Gasteiger partial charge in [-0.3, -0.25) is 4.79 Å². The molecule has 21 heavy (non-hydrogen) atoms. The lowest BCUT2D eigenvalue weighted by atomic mass is 10.2. The highest BCUT2D eigenvalue weighted by atomic mass is 32.1. The number of furan rings is 1. The molecule has 3 aromatic rings. The number of carbonyl (C=O) groups excluding carboxylic acids is 1. The van der Waals surface area contributed by atoms with Gasteiger partial charge >= 0.3 is 0 Å². The van der Waals surface area contributed by atoms with Crippen molar-refractivity contribution in [2.75, 3.05) is 0 Å². The van der Waals surface area contributed by atoms with Crippen molar-refractivity contribution in [1.29, 1.82) is 0 Å². The normalized spacial score (nSPS) is 10.7. The summed E-state index contributed by atoms with van der Waals surface area (Å²) in [6.07, 6.45) is 3.99. The minimum atomic E-state index is -0.357. The van der Waals surface area contributed by atoms with E-state index in [4.69, 9.17) is 10.2 Å². The van der Waals surface area contributed by atoms with Crippen molar-refractivity contribution in [2.24, 2.45) is 5.73 Å². The maximum Gasteiger partial charge on any atom is 0.217 e. The average molecular weight is 300 g/mol. The van der Waals surface area contributed by atoms with Crippen LogP contribution in [0.15, 0.2) is 40.5 Å². The smallest absolute Gasteiger partial charge is 0.217 e. The molecule has 0 saturated heterocycles. The number of hydrogen-bond acceptors (Lipinski definition) is 6. The van der Waals surface area contributed by atoms with Gasteiger partial charge in [-0.15, -0.1) is 11.3 Å². The molecule has 1 amide bonds. The van der Waals surface area contributed by atoms with Gasteiger partial charge in [-0.1, -0.05) is 0 Å². The van der Waals surface area contributed by atoms with Crippen molar-refractivity contribution < 1.29 is 9.21 Å². The van der Waals surface area contributed by atoms with E-state index in [2.05, 4.69) is 15.0 Å². The first-order valence-corrected chi connectivity index (χ1v) is 7.20. The van der Waals surface area contributed by atoms with Crippen LogP contribution in [0.2, 0.25) is 0 Å². The van der Waals surface area contributed by atoms with Crippen LogP contribution in [0.3, 0.4) is 0 Å². The van der Waals surface area contributed by atoms with Crippen molar-refractivity contribution in [3.05, 3.63) is 41.7 Å². The number of thiazole rings is 1. The van der Waals surface area contributed by atoms with Crippen LogP contribution in [-0.4, -0.2) is 20.9 Å². The third kappa shape index (κ3) is 3.14. The van der Waals surface area contributed by atoms with Gasteiger partial charge in [-0.05, 0) is 24.6 Å². The standard InChI is InChI=1S/C14H12N4O2S/c15-12(19)4-3-9-8-10(14-16-5-7-21-14)18-13(17-9)11-2-1-6-20-11/h1-2,5-8H,3-4H2,(H2,15,19). The second-order valence-corrected chi connectivity index (χ2v) is 5.24. The van der Waals surface area contributed by atoms with E-state index in [0.29, 0.717) is 23.7 Å². The predicted molar refractivity (Wildman–Crippen MR) is 78.4 cm³/mol. The number of aromatic nitrogens is 3. The number of carbonyl (C=O) groups is 1. The van der Waals surface area contributed by atoms with Gasteiger partial charge in [0, 0.05) is 23.7 Å². The molecule has 0 aliphatic rings. The SMILES string of the molecule is NC(=O)CCc1cc(-c2nccs2)nc(-c2ccco2)n1. The van der Waals surface area contributed by atoms with Crippen LogP contribution in [0.25, 0.3) is 22.3 Å². The third-order valence-corrected chi connectivity index (χ3v) is 3.60. The summed E-state index contributed by atoms with van der Waals surface area (Å²) in [6, 6.07) is 5.39. The Labute approximate surface area is 124 Å². The molecule has 3 heterocycles. The zero-order valence-electron chi connectivity index (χ0n) is 11.0. The molecule has 0 radical (unpaired) electrons. The zero-order valence-corrected chi connectivity index (χ0v) is 11.8. The molecule has 6 nitrogen and oxygen atoms in total. The number of primary amides is 1. The highest BCUT2D eigenvalue weighted by molar-refractivity contribution is 7.13. The molecule has 0 aliphatic carbocycles. The van der Waals surface area contributed by atoms with Gasteiger partial charge in [-0.2, -0.15) is 0 Å². The lowest BCUT2D eigenvalue weighted by molar-refractivity contribution is -0.118. The quantitative estimate of drug-likeness (QED) is 0.780. The molecule has 106 valence electrons. The largest absolute Gasteiger partial charge is 0.461 e. The molecular formula is C14H12N4O2S. The van der Waals surface area contributed by atoms with Crippen LogP contribution < -0.4 is 5.73 Å². The van der Waals surface area contributed by atoms with Crippen LogP contribution in [-0.2, 0) is 11.2 Å². The molecule has 0 bridgehead atoms. The Morgan fingerprint density at radius 3 is 2.95 bits per heavy atom. The van der Waals surface area contributed by atoms with Gasteiger partial charge in [0.1, 0.15) is 10.7 Å².